The number of hydrogen-bond acceptors (Lipinski definition) is 2. The molecule has 1 aromatic carbocycles. The molecule has 2 rings (SSSR count). The molecule has 0 saturated carbocycles. The minimum atomic E-state index is -0.792. The van der Waals surface area contributed by atoms with Crippen molar-refractivity contribution in [2.24, 2.45) is 0 Å². The van der Waals surface area contributed by atoms with E-state index in [-0.39, 0.29) is 5.91 Å². The van der Waals surface area contributed by atoms with Gasteiger partial charge >= 0.3 is 0 Å². The van der Waals surface area contributed by atoms with Gasteiger partial charge in [0.05, 0.1) is 0 Å². The lowest BCUT2D eigenvalue weighted by molar-refractivity contribution is -0.118. The van der Waals surface area contributed by atoms with Crippen LogP contribution in [0.1, 0.15) is 18.5 Å². The van der Waals surface area contributed by atoms with Crippen molar-refractivity contribution < 1.29 is 9.18 Å². The zero-order valence-electron chi connectivity index (χ0n) is 11.3. The van der Waals surface area contributed by atoms with Gasteiger partial charge in [-0.2, -0.15) is 0 Å². The molecule has 5 heteroatoms. The molecule has 1 unspecified atom stereocenters. The topological polar surface area (TPSA) is 51.1 Å². The highest BCUT2D eigenvalue weighted by Crippen LogP contribution is 2.12. The summed E-state index contributed by atoms with van der Waals surface area (Å²) in [6, 6.07) is 8.67. The van der Waals surface area contributed by atoms with E-state index in [4.69, 9.17) is 0 Å². The van der Waals surface area contributed by atoms with Crippen molar-refractivity contribution in [2.75, 3.05) is 5.32 Å². The summed E-state index contributed by atoms with van der Waals surface area (Å²) in [7, 11) is 0. The Hall–Kier alpha value is -2.43. The molecule has 1 aromatic heterocycles. The largest absolute Gasteiger partial charge is 0.324 e. The van der Waals surface area contributed by atoms with Crippen molar-refractivity contribution in [1.29, 1.82) is 0 Å². The van der Waals surface area contributed by atoms with E-state index in [9.17, 15) is 14.0 Å². The molecule has 0 bridgehead atoms. The first-order valence-corrected chi connectivity index (χ1v) is 6.22. The second kappa shape index (κ2) is 5.69. The summed E-state index contributed by atoms with van der Waals surface area (Å²) >= 11 is 0. The number of carbonyl (C=O) groups excluding carboxylic acids is 1. The smallest absolute Gasteiger partial charge is 0.251 e. The van der Waals surface area contributed by atoms with Crippen molar-refractivity contribution in [3.63, 3.8) is 0 Å². The molecule has 0 saturated heterocycles. The van der Waals surface area contributed by atoms with E-state index >= 15 is 0 Å². The van der Waals surface area contributed by atoms with Gasteiger partial charge in [0.15, 0.2) is 0 Å². The number of hydrogen-bond donors (Lipinski definition) is 1. The Bertz CT molecular complexity index is 677. The molecule has 4 nitrogen and oxygen atoms in total. The monoisotopic (exact) mass is 274 g/mol. The summed E-state index contributed by atoms with van der Waals surface area (Å²) < 4.78 is 14.2. The Morgan fingerprint density at radius 2 is 1.85 bits per heavy atom. The minimum absolute atomic E-state index is 0.374. The number of pyridine rings is 1. The highest BCUT2D eigenvalue weighted by atomic mass is 19.1. The number of amides is 1. The van der Waals surface area contributed by atoms with E-state index in [1.54, 1.807) is 19.1 Å². The summed E-state index contributed by atoms with van der Waals surface area (Å²) in [5.74, 6) is -0.930. The maximum Gasteiger partial charge on any atom is 0.251 e. The number of aryl methyl sites for hydroxylation is 1. The highest BCUT2D eigenvalue weighted by Gasteiger charge is 2.16. The average Bonchev–Trinajstić information content (AvgIpc) is 2.43. The fraction of sp³-hybridized carbons (Fsp3) is 0.200. The molecule has 1 heterocycles. The van der Waals surface area contributed by atoms with Crippen LogP contribution in [-0.2, 0) is 4.79 Å². The fourth-order valence-electron chi connectivity index (χ4n) is 1.79. The maximum atomic E-state index is 13.2. The first-order chi connectivity index (χ1) is 9.47. The number of rotatable bonds is 3. The van der Waals surface area contributed by atoms with Crippen LogP contribution in [0.15, 0.2) is 47.4 Å². The molecule has 20 heavy (non-hydrogen) atoms. The number of nitrogens with one attached hydrogen (secondary N) is 1. The summed E-state index contributed by atoms with van der Waals surface area (Å²) in [4.78, 5) is 23.7. The van der Waals surface area contributed by atoms with Crippen LogP contribution in [-0.4, -0.2) is 10.5 Å². The predicted octanol–water partition coefficient (Wildman–Crippen LogP) is 2.50. The number of aromatic nitrogens is 1. The van der Waals surface area contributed by atoms with Crippen molar-refractivity contribution >= 4 is 11.6 Å². The van der Waals surface area contributed by atoms with E-state index in [1.165, 1.54) is 0 Å². The van der Waals surface area contributed by atoms with Crippen LogP contribution in [0.5, 0.6) is 0 Å². The SMILES string of the molecule is Cc1ccc(NC(=O)C(C)n2cc(F)ccc2=O)cc1. The molecule has 0 fully saturated rings. The van der Waals surface area contributed by atoms with Crippen molar-refractivity contribution in [3.8, 4) is 0 Å². The van der Waals surface area contributed by atoms with Crippen LogP contribution in [0, 0.1) is 12.7 Å². The third-order valence-electron chi connectivity index (χ3n) is 3.02. The molecular weight excluding hydrogens is 259 g/mol. The van der Waals surface area contributed by atoms with E-state index in [2.05, 4.69) is 5.32 Å². The predicted molar refractivity (Wildman–Crippen MR) is 75.2 cm³/mol. The second-order valence-corrected chi connectivity index (χ2v) is 4.62. The molecule has 2 aromatic rings. The molecule has 0 aliphatic rings. The lowest BCUT2D eigenvalue weighted by Gasteiger charge is -2.15. The highest BCUT2D eigenvalue weighted by molar-refractivity contribution is 5.93. The van der Waals surface area contributed by atoms with Gasteiger partial charge in [-0.15, -0.1) is 0 Å². The lowest BCUT2D eigenvalue weighted by Crippen LogP contribution is -2.31. The van der Waals surface area contributed by atoms with Gasteiger partial charge in [0.25, 0.3) is 5.56 Å². The third-order valence-corrected chi connectivity index (χ3v) is 3.02. The van der Waals surface area contributed by atoms with Crippen molar-refractivity contribution in [3.05, 3.63) is 64.3 Å². The normalized spacial score (nSPS) is 11.9. The molecule has 0 spiro atoms. The summed E-state index contributed by atoms with van der Waals surface area (Å²) in [5, 5.41) is 2.69. The van der Waals surface area contributed by atoms with Gasteiger partial charge in [0.2, 0.25) is 5.91 Å². The van der Waals surface area contributed by atoms with E-state index in [0.29, 0.717) is 5.69 Å². The number of carbonyl (C=O) groups is 1. The molecule has 1 atom stereocenters. The van der Waals surface area contributed by atoms with Gasteiger partial charge in [0, 0.05) is 18.0 Å². The summed E-state index contributed by atoms with van der Waals surface area (Å²) in [6.07, 6.45) is 1.03. The zero-order valence-corrected chi connectivity index (χ0v) is 11.3. The van der Waals surface area contributed by atoms with Gasteiger partial charge in [-0.3, -0.25) is 9.59 Å². The van der Waals surface area contributed by atoms with E-state index < -0.39 is 17.4 Å². The van der Waals surface area contributed by atoms with Crippen LogP contribution >= 0.6 is 0 Å². The zero-order chi connectivity index (χ0) is 14.7. The number of benzene rings is 1. The van der Waals surface area contributed by atoms with Crippen LogP contribution in [0.3, 0.4) is 0 Å². The second-order valence-electron chi connectivity index (χ2n) is 4.62. The Balaban J connectivity index is 2.18. The quantitative estimate of drug-likeness (QED) is 0.935. The first kappa shape index (κ1) is 14.0. The van der Waals surface area contributed by atoms with Crippen molar-refractivity contribution in [1.82, 2.24) is 4.57 Å². The minimum Gasteiger partial charge on any atom is -0.324 e. The van der Waals surface area contributed by atoms with Crippen LogP contribution in [0.2, 0.25) is 0 Å². The molecule has 0 radical (unpaired) electrons. The van der Waals surface area contributed by atoms with Crippen LogP contribution < -0.4 is 10.9 Å². The molecule has 0 aliphatic carbocycles. The maximum absolute atomic E-state index is 13.2. The summed E-state index contributed by atoms with van der Waals surface area (Å²) in [5.41, 5.74) is 1.30. The fourth-order valence-corrected chi connectivity index (χ4v) is 1.79. The number of anilines is 1. The molecule has 1 N–H and O–H groups in total. The van der Waals surface area contributed by atoms with Gasteiger partial charge in [0.1, 0.15) is 11.9 Å². The van der Waals surface area contributed by atoms with Gasteiger partial charge < -0.3 is 9.88 Å². The van der Waals surface area contributed by atoms with Gasteiger partial charge in [-0.05, 0) is 32.0 Å². The molecular formula is C15H15FN2O2. The Labute approximate surface area is 115 Å². The average molecular weight is 274 g/mol. The molecule has 104 valence electrons. The lowest BCUT2D eigenvalue weighted by atomic mass is 10.2. The number of nitrogens with zero attached hydrogens (tertiary/aromatic N) is 1. The Morgan fingerprint density at radius 3 is 2.50 bits per heavy atom. The van der Waals surface area contributed by atoms with Crippen LogP contribution in [0.25, 0.3) is 0 Å². The van der Waals surface area contributed by atoms with Crippen LogP contribution in [0.4, 0.5) is 10.1 Å². The van der Waals surface area contributed by atoms with Gasteiger partial charge in [-0.25, -0.2) is 4.39 Å². The molecule has 0 aliphatic heterocycles. The third kappa shape index (κ3) is 3.12. The standard InChI is InChI=1S/C15H15FN2O2/c1-10-3-6-13(7-4-10)17-15(20)11(2)18-9-12(16)5-8-14(18)19/h3-9,11H,1-2H3,(H,17,20). The Kier molecular flexibility index (Phi) is 3.98. The number of halogens is 1. The van der Waals surface area contributed by atoms with Crippen molar-refractivity contribution in [2.45, 2.75) is 19.9 Å². The first-order valence-electron chi connectivity index (χ1n) is 6.22. The molecule has 1 amide bonds. The van der Waals surface area contributed by atoms with E-state index in [0.717, 1.165) is 28.5 Å². The Morgan fingerprint density at radius 1 is 1.20 bits per heavy atom. The van der Waals surface area contributed by atoms with Gasteiger partial charge in [-0.1, -0.05) is 17.7 Å². The summed E-state index contributed by atoms with van der Waals surface area (Å²) in [6.45, 7) is 3.49. The van der Waals surface area contributed by atoms with E-state index in [1.807, 2.05) is 19.1 Å².